The lowest BCUT2D eigenvalue weighted by atomic mass is 9.90. The minimum absolute atomic E-state index is 0.223. The maximum Gasteiger partial charge on any atom is 0.338 e. The maximum absolute atomic E-state index is 12.5. The lowest BCUT2D eigenvalue weighted by Gasteiger charge is -2.16. The van der Waals surface area contributed by atoms with Crippen LogP contribution in [0.25, 0.3) is 0 Å². The number of aryl methyl sites for hydroxylation is 4. The van der Waals surface area contributed by atoms with Gasteiger partial charge >= 0.3 is 11.9 Å². The van der Waals surface area contributed by atoms with Crippen molar-refractivity contribution in [2.75, 3.05) is 0 Å². The Morgan fingerprint density at radius 1 is 0.647 bits per heavy atom. The Morgan fingerprint density at radius 2 is 1.18 bits per heavy atom. The molecule has 0 bridgehead atoms. The average Bonchev–Trinajstić information content (AvgIpc) is 2.90. The molecule has 0 unspecified atom stereocenters. The van der Waals surface area contributed by atoms with E-state index in [4.69, 9.17) is 9.47 Å². The number of benzene rings is 3. The van der Waals surface area contributed by atoms with Gasteiger partial charge in [-0.25, -0.2) is 9.59 Å². The molecular formula is C30H32O4. The van der Waals surface area contributed by atoms with Gasteiger partial charge in [0.05, 0.1) is 11.1 Å². The fourth-order valence-electron chi connectivity index (χ4n) is 4.53. The highest BCUT2D eigenvalue weighted by Crippen LogP contribution is 2.23. The first-order valence-electron chi connectivity index (χ1n) is 12.2. The summed E-state index contributed by atoms with van der Waals surface area (Å²) in [5.74, 6) is -0.813. The summed E-state index contributed by atoms with van der Waals surface area (Å²) in [4.78, 5) is 24.9. The third-order valence-electron chi connectivity index (χ3n) is 6.54. The van der Waals surface area contributed by atoms with Crippen LogP contribution in [-0.4, -0.2) is 11.9 Å². The van der Waals surface area contributed by atoms with Gasteiger partial charge in [0, 0.05) is 0 Å². The number of fused-ring (bicyclic) bond motifs is 1. The number of ether oxygens (including phenoxy) is 2. The van der Waals surface area contributed by atoms with E-state index in [9.17, 15) is 9.59 Å². The van der Waals surface area contributed by atoms with Crippen LogP contribution < -0.4 is 0 Å². The molecule has 3 aromatic carbocycles. The quantitative estimate of drug-likeness (QED) is 0.368. The monoisotopic (exact) mass is 456 g/mol. The minimum atomic E-state index is -0.411. The predicted molar refractivity (Wildman–Crippen MR) is 133 cm³/mol. The highest BCUT2D eigenvalue weighted by Gasteiger charge is 2.13. The molecule has 1 aliphatic rings. The van der Waals surface area contributed by atoms with Crippen molar-refractivity contribution < 1.29 is 19.1 Å². The Kier molecular flexibility index (Phi) is 7.79. The average molecular weight is 457 g/mol. The normalized spacial score (nSPS) is 12.6. The molecule has 0 saturated heterocycles. The summed E-state index contributed by atoms with van der Waals surface area (Å²) in [6.45, 7) is 4.73. The van der Waals surface area contributed by atoms with Crippen LogP contribution in [0.15, 0.2) is 60.7 Å². The Morgan fingerprint density at radius 3 is 1.76 bits per heavy atom. The third-order valence-corrected chi connectivity index (χ3v) is 6.54. The molecule has 4 rings (SSSR count). The van der Waals surface area contributed by atoms with Crippen molar-refractivity contribution >= 4 is 11.9 Å². The molecule has 0 aliphatic heterocycles. The lowest BCUT2D eigenvalue weighted by molar-refractivity contribution is 0.0458. The Bertz CT molecular complexity index is 1090. The number of carbonyl (C=O) groups excluding carboxylic acids is 2. The Hall–Kier alpha value is -3.40. The summed E-state index contributed by atoms with van der Waals surface area (Å²) in [5, 5.41) is 0. The van der Waals surface area contributed by atoms with Crippen molar-refractivity contribution in [3.8, 4) is 0 Å². The van der Waals surface area contributed by atoms with Gasteiger partial charge in [-0.2, -0.15) is 0 Å². The molecule has 3 aromatic rings. The van der Waals surface area contributed by atoms with Gasteiger partial charge in [-0.3, -0.25) is 0 Å². The molecule has 0 heterocycles. The van der Waals surface area contributed by atoms with Crippen molar-refractivity contribution in [3.63, 3.8) is 0 Å². The highest BCUT2D eigenvalue weighted by molar-refractivity contribution is 5.93. The minimum Gasteiger partial charge on any atom is -0.457 e. The first-order valence-corrected chi connectivity index (χ1v) is 12.2. The number of rotatable bonds is 8. The van der Waals surface area contributed by atoms with E-state index in [1.807, 2.05) is 12.1 Å². The van der Waals surface area contributed by atoms with Crippen LogP contribution in [0, 0.1) is 0 Å². The molecule has 0 radical (unpaired) electrons. The second-order valence-corrected chi connectivity index (χ2v) is 8.85. The molecule has 0 saturated carbocycles. The summed E-state index contributed by atoms with van der Waals surface area (Å²) in [6, 6.07) is 19.0. The molecule has 0 fully saturated rings. The van der Waals surface area contributed by atoms with Gasteiger partial charge in [-0.05, 0) is 96.2 Å². The van der Waals surface area contributed by atoms with E-state index in [0.29, 0.717) is 11.1 Å². The molecule has 0 N–H and O–H groups in total. The van der Waals surface area contributed by atoms with E-state index >= 15 is 0 Å². The van der Waals surface area contributed by atoms with Crippen molar-refractivity contribution in [2.45, 2.75) is 65.6 Å². The maximum atomic E-state index is 12.5. The Labute approximate surface area is 201 Å². The Balaban J connectivity index is 1.30. The first-order chi connectivity index (χ1) is 16.6. The summed E-state index contributed by atoms with van der Waals surface area (Å²) < 4.78 is 11.0. The SMILES string of the molecule is CCc1ccc(COC(=O)c2ccc(C(=O)OCc3ccc4c(c3)CCCC4)cc2)cc1CC. The van der Waals surface area contributed by atoms with E-state index < -0.39 is 11.9 Å². The van der Waals surface area contributed by atoms with E-state index in [0.717, 1.165) is 36.8 Å². The van der Waals surface area contributed by atoms with Gasteiger partial charge in [-0.1, -0.05) is 50.2 Å². The topological polar surface area (TPSA) is 52.6 Å². The molecule has 0 aromatic heterocycles. The summed E-state index contributed by atoms with van der Waals surface area (Å²) in [7, 11) is 0. The molecule has 0 amide bonds. The van der Waals surface area contributed by atoms with Crippen LogP contribution >= 0.6 is 0 Å². The van der Waals surface area contributed by atoms with Crippen molar-refractivity contribution in [1.29, 1.82) is 0 Å². The smallest absolute Gasteiger partial charge is 0.338 e. The molecule has 176 valence electrons. The van der Waals surface area contributed by atoms with Gasteiger partial charge in [0.1, 0.15) is 13.2 Å². The van der Waals surface area contributed by atoms with E-state index in [1.165, 1.54) is 35.1 Å². The lowest BCUT2D eigenvalue weighted by Crippen LogP contribution is -2.09. The predicted octanol–water partition coefficient (Wildman–Crippen LogP) is 6.40. The van der Waals surface area contributed by atoms with Crippen LogP contribution in [0.4, 0.5) is 0 Å². The zero-order chi connectivity index (χ0) is 23.9. The van der Waals surface area contributed by atoms with Gasteiger partial charge in [0.25, 0.3) is 0 Å². The number of hydrogen-bond donors (Lipinski definition) is 0. The van der Waals surface area contributed by atoms with E-state index in [-0.39, 0.29) is 13.2 Å². The summed E-state index contributed by atoms with van der Waals surface area (Å²) in [5.41, 5.74) is 8.20. The summed E-state index contributed by atoms with van der Waals surface area (Å²) >= 11 is 0. The molecular weight excluding hydrogens is 424 g/mol. The molecule has 4 heteroatoms. The van der Waals surface area contributed by atoms with Gasteiger partial charge in [-0.15, -0.1) is 0 Å². The fraction of sp³-hybridized carbons (Fsp3) is 0.333. The van der Waals surface area contributed by atoms with Crippen LogP contribution in [0.5, 0.6) is 0 Å². The van der Waals surface area contributed by atoms with Crippen LogP contribution in [0.3, 0.4) is 0 Å². The van der Waals surface area contributed by atoms with E-state index in [1.54, 1.807) is 24.3 Å². The second kappa shape index (κ2) is 11.1. The number of hydrogen-bond acceptors (Lipinski definition) is 4. The molecule has 0 atom stereocenters. The van der Waals surface area contributed by atoms with Crippen molar-refractivity contribution in [2.24, 2.45) is 0 Å². The summed E-state index contributed by atoms with van der Waals surface area (Å²) in [6.07, 6.45) is 6.64. The fourth-order valence-corrected chi connectivity index (χ4v) is 4.53. The molecule has 0 spiro atoms. The van der Waals surface area contributed by atoms with Crippen LogP contribution in [0.2, 0.25) is 0 Å². The van der Waals surface area contributed by atoms with Crippen LogP contribution in [0.1, 0.15) is 80.8 Å². The first kappa shape index (κ1) is 23.7. The molecule has 34 heavy (non-hydrogen) atoms. The van der Waals surface area contributed by atoms with Gasteiger partial charge < -0.3 is 9.47 Å². The number of carbonyl (C=O) groups is 2. The standard InChI is InChI=1S/C30H32O4/c1-3-23-11-9-21(17-24(23)4-2)19-33-29(31)26-13-15-27(16-14-26)30(32)34-20-22-10-12-25-7-5-6-8-28(25)18-22/h9-18H,3-8,19-20H2,1-2H3. The number of esters is 2. The zero-order valence-electron chi connectivity index (χ0n) is 20.1. The molecule has 4 nitrogen and oxygen atoms in total. The van der Waals surface area contributed by atoms with Gasteiger partial charge in [0.2, 0.25) is 0 Å². The second-order valence-electron chi connectivity index (χ2n) is 8.85. The largest absolute Gasteiger partial charge is 0.457 e. The highest BCUT2D eigenvalue weighted by atomic mass is 16.5. The zero-order valence-corrected chi connectivity index (χ0v) is 20.1. The third kappa shape index (κ3) is 5.74. The molecule has 1 aliphatic carbocycles. The van der Waals surface area contributed by atoms with E-state index in [2.05, 4.69) is 38.1 Å². The van der Waals surface area contributed by atoms with Crippen LogP contribution in [-0.2, 0) is 48.4 Å². The van der Waals surface area contributed by atoms with Gasteiger partial charge in [0.15, 0.2) is 0 Å². The van der Waals surface area contributed by atoms with Crippen molar-refractivity contribution in [1.82, 2.24) is 0 Å². The van der Waals surface area contributed by atoms with Crippen molar-refractivity contribution in [3.05, 3.63) is 105 Å².